The van der Waals surface area contributed by atoms with Crippen LogP contribution < -0.4 is 16.6 Å². The normalized spacial score (nSPS) is 19.3. The van der Waals surface area contributed by atoms with Gasteiger partial charge in [-0.25, -0.2) is 18.9 Å². The minimum absolute atomic E-state index is 0.0824. The van der Waals surface area contributed by atoms with Gasteiger partial charge < -0.3 is 33.7 Å². The van der Waals surface area contributed by atoms with Crippen LogP contribution in [0.25, 0.3) is 0 Å². The van der Waals surface area contributed by atoms with Crippen LogP contribution >= 0.6 is 7.82 Å². The molecule has 288 valence electrons. The van der Waals surface area contributed by atoms with E-state index in [4.69, 9.17) is 42.0 Å². The van der Waals surface area contributed by atoms with Gasteiger partial charge in [0.15, 0.2) is 12.3 Å². The SMILES string of the molecule is CNC(=O)CCOP(=O)(OCCOCCOCCOC)O[C@@H]1C(OC(=O)c2ccccc2)[C@H](n2ccc(=O)[nH]c2=O)O[C@@H]1COC(=O)c1ccccc1. The Labute approximate surface area is 304 Å². The molecule has 2 aromatic carbocycles. The number of amides is 1. The highest BCUT2D eigenvalue weighted by Crippen LogP contribution is 2.53. The van der Waals surface area contributed by atoms with Crippen molar-refractivity contribution >= 4 is 25.7 Å². The first-order valence-corrected chi connectivity index (χ1v) is 18.0. The maximum Gasteiger partial charge on any atom is 0.475 e. The maximum absolute atomic E-state index is 14.3. The summed E-state index contributed by atoms with van der Waals surface area (Å²) in [7, 11) is -1.75. The van der Waals surface area contributed by atoms with Crippen molar-refractivity contribution in [2.45, 2.75) is 31.0 Å². The Kier molecular flexibility index (Phi) is 16.5. The zero-order chi connectivity index (χ0) is 38.1. The molecule has 5 atom stereocenters. The summed E-state index contributed by atoms with van der Waals surface area (Å²) in [6.07, 6.45) is -5.21. The van der Waals surface area contributed by atoms with Crippen molar-refractivity contribution in [2.24, 2.45) is 0 Å². The first-order chi connectivity index (χ1) is 25.6. The fourth-order valence-corrected chi connectivity index (χ4v) is 6.19. The van der Waals surface area contributed by atoms with Crippen LogP contribution in [0.15, 0.2) is 82.5 Å². The van der Waals surface area contributed by atoms with Crippen LogP contribution in [0.1, 0.15) is 33.4 Å². The van der Waals surface area contributed by atoms with Crippen molar-refractivity contribution in [3.05, 3.63) is 105 Å². The highest BCUT2D eigenvalue weighted by molar-refractivity contribution is 7.48. The quantitative estimate of drug-likeness (QED) is 0.0848. The molecular formula is C34H42N3O15P. The van der Waals surface area contributed by atoms with Crippen LogP contribution in [0.2, 0.25) is 0 Å². The lowest BCUT2D eigenvalue weighted by Crippen LogP contribution is -2.42. The van der Waals surface area contributed by atoms with Gasteiger partial charge in [0.1, 0.15) is 18.8 Å². The first kappa shape index (κ1) is 41.2. The van der Waals surface area contributed by atoms with Crippen LogP contribution in [0.5, 0.6) is 0 Å². The number of H-pyrrole nitrogens is 1. The van der Waals surface area contributed by atoms with Crippen LogP contribution in [0.4, 0.5) is 0 Å². The Bertz CT molecular complexity index is 1770. The summed E-state index contributed by atoms with van der Waals surface area (Å²) < 4.78 is 65.6. The maximum atomic E-state index is 14.3. The number of rotatable bonds is 22. The molecule has 1 fully saturated rings. The smallest absolute Gasteiger partial charge is 0.459 e. The Morgan fingerprint density at radius 3 is 2.04 bits per heavy atom. The van der Waals surface area contributed by atoms with Gasteiger partial charge in [-0.2, -0.15) is 0 Å². The Morgan fingerprint density at radius 2 is 1.42 bits per heavy atom. The number of phosphoric acid groups is 1. The van der Waals surface area contributed by atoms with Gasteiger partial charge in [-0.05, 0) is 24.3 Å². The highest BCUT2D eigenvalue weighted by Gasteiger charge is 2.53. The average Bonchev–Trinajstić information content (AvgIpc) is 3.48. The number of nitrogens with zero attached hydrogens (tertiary/aromatic N) is 1. The predicted octanol–water partition coefficient (Wildman–Crippen LogP) is 1.86. The second-order valence-electron chi connectivity index (χ2n) is 11.1. The van der Waals surface area contributed by atoms with Crippen LogP contribution in [0, 0.1) is 0 Å². The molecule has 4 rings (SSSR count). The summed E-state index contributed by atoms with van der Waals surface area (Å²) in [5.41, 5.74) is -1.33. The Morgan fingerprint density at radius 1 is 0.811 bits per heavy atom. The summed E-state index contributed by atoms with van der Waals surface area (Å²) in [5, 5.41) is 2.42. The molecule has 18 nitrogen and oxygen atoms in total. The van der Waals surface area contributed by atoms with E-state index in [1.54, 1.807) is 43.5 Å². The standard InChI is InChI=1S/C34H42N3O15P/c1-35-27(38)14-16-48-53(43,49-22-21-46-20-19-45-18-17-44-2)52-29-26(23-47-32(40)24-9-5-3-6-10-24)50-31(37-15-13-28(39)36-34(37)42)30(29)51-33(41)25-11-7-4-8-12-25/h3-13,15,26,29-31H,14,16-23H2,1-2H3,(H,35,38)(H,36,39,42)/t26-,29+,30?,31-,53?/m1/s1. The number of esters is 2. The molecule has 0 spiro atoms. The molecule has 19 heteroatoms. The van der Waals surface area contributed by atoms with Gasteiger partial charge in [0.25, 0.3) is 5.56 Å². The number of methoxy groups -OCH3 is 1. The van der Waals surface area contributed by atoms with E-state index in [1.807, 2.05) is 0 Å². The molecule has 2 heterocycles. The summed E-state index contributed by atoms with van der Waals surface area (Å²) >= 11 is 0. The molecule has 53 heavy (non-hydrogen) atoms. The molecule has 1 aliphatic rings. The summed E-state index contributed by atoms with van der Waals surface area (Å²) in [6.45, 7) is -0.188. The first-order valence-electron chi connectivity index (χ1n) is 16.5. The third kappa shape index (κ3) is 12.8. The Balaban J connectivity index is 1.64. The fraction of sp³-hybridized carbons (Fsp3) is 0.441. The molecule has 1 aromatic heterocycles. The molecular weight excluding hydrogens is 721 g/mol. The van der Waals surface area contributed by atoms with Gasteiger partial charge in [-0.15, -0.1) is 0 Å². The summed E-state index contributed by atoms with van der Waals surface area (Å²) in [5.74, 6) is -2.06. The van der Waals surface area contributed by atoms with Gasteiger partial charge in [0.05, 0.1) is 63.8 Å². The third-order valence-electron chi connectivity index (χ3n) is 7.44. The summed E-state index contributed by atoms with van der Waals surface area (Å²) in [4.78, 5) is 65.4. The van der Waals surface area contributed by atoms with Gasteiger partial charge in [0.2, 0.25) is 5.91 Å². The van der Waals surface area contributed by atoms with Crippen molar-refractivity contribution in [3.63, 3.8) is 0 Å². The number of aromatic nitrogens is 2. The van der Waals surface area contributed by atoms with Crippen molar-refractivity contribution < 1.29 is 60.9 Å². The van der Waals surface area contributed by atoms with Crippen LogP contribution in [0.3, 0.4) is 0 Å². The van der Waals surface area contributed by atoms with E-state index in [0.29, 0.717) is 13.2 Å². The molecule has 0 aliphatic carbocycles. The van der Waals surface area contributed by atoms with Crippen LogP contribution in [-0.4, -0.2) is 113 Å². The molecule has 1 amide bonds. The zero-order valence-electron chi connectivity index (χ0n) is 29.1. The molecule has 1 saturated heterocycles. The average molecular weight is 764 g/mol. The fourth-order valence-electron chi connectivity index (χ4n) is 4.82. The zero-order valence-corrected chi connectivity index (χ0v) is 30.0. The minimum Gasteiger partial charge on any atom is -0.459 e. The number of hydrogen-bond acceptors (Lipinski definition) is 15. The van der Waals surface area contributed by atoms with Gasteiger partial charge in [-0.1, -0.05) is 36.4 Å². The molecule has 2 unspecified atom stereocenters. The lowest BCUT2D eigenvalue weighted by atomic mass is 10.1. The third-order valence-corrected chi connectivity index (χ3v) is 8.94. The highest BCUT2D eigenvalue weighted by atomic mass is 31.2. The molecule has 0 saturated carbocycles. The lowest BCUT2D eigenvalue weighted by Gasteiger charge is -2.28. The van der Waals surface area contributed by atoms with Crippen molar-refractivity contribution in [3.8, 4) is 0 Å². The number of hydrogen-bond donors (Lipinski definition) is 2. The van der Waals surface area contributed by atoms with Gasteiger partial charge >= 0.3 is 25.5 Å². The second kappa shape index (κ2) is 21.2. The van der Waals surface area contributed by atoms with Crippen molar-refractivity contribution in [2.75, 3.05) is 67.0 Å². The molecule has 2 N–H and O–H groups in total. The summed E-state index contributed by atoms with van der Waals surface area (Å²) in [6, 6.07) is 16.9. The van der Waals surface area contributed by atoms with E-state index < -0.39 is 74.7 Å². The van der Waals surface area contributed by atoms with Gasteiger partial charge in [0, 0.05) is 26.4 Å². The van der Waals surface area contributed by atoms with E-state index >= 15 is 0 Å². The number of carbonyl (C=O) groups excluding carboxylic acids is 3. The Hall–Kier alpha value is -4.52. The predicted molar refractivity (Wildman–Crippen MR) is 184 cm³/mol. The number of ether oxygens (including phenoxy) is 6. The van der Waals surface area contributed by atoms with Crippen molar-refractivity contribution in [1.82, 2.24) is 14.9 Å². The molecule has 1 aliphatic heterocycles. The van der Waals surface area contributed by atoms with Crippen molar-refractivity contribution in [1.29, 1.82) is 0 Å². The van der Waals surface area contributed by atoms with Gasteiger partial charge in [-0.3, -0.25) is 32.7 Å². The number of nitrogens with one attached hydrogen (secondary N) is 2. The largest absolute Gasteiger partial charge is 0.475 e. The number of phosphoric ester groups is 1. The second-order valence-corrected chi connectivity index (χ2v) is 12.7. The minimum atomic E-state index is -4.70. The van der Waals surface area contributed by atoms with E-state index in [1.165, 1.54) is 31.3 Å². The number of benzene rings is 2. The van der Waals surface area contributed by atoms with Crippen LogP contribution in [-0.2, 0) is 51.4 Å². The number of carbonyl (C=O) groups is 3. The topological polar surface area (TPSA) is 218 Å². The number of aromatic amines is 1. The van der Waals surface area contributed by atoms with E-state index in [9.17, 15) is 28.5 Å². The monoisotopic (exact) mass is 763 g/mol. The van der Waals surface area contributed by atoms with E-state index in [-0.39, 0.29) is 44.0 Å². The molecule has 3 aromatic rings. The lowest BCUT2D eigenvalue weighted by molar-refractivity contribution is -0.121. The van der Waals surface area contributed by atoms with E-state index in [0.717, 1.165) is 16.8 Å². The molecule has 0 bridgehead atoms. The molecule has 0 radical (unpaired) electrons. The van der Waals surface area contributed by atoms with E-state index in [2.05, 4.69) is 10.3 Å².